The average Bonchev–Trinajstić information content (AvgIpc) is 3.58. The van der Waals surface area contributed by atoms with Crippen LogP contribution in [-0.4, -0.2) is 103 Å². The number of carbonyl (C=O) groups excluding carboxylic acids is 2. The SMILES string of the molecule is CC[C@@H](C(=O)[C@@H](C)[C@@H](O)[C@H](C)[C@@H]1O[C@@H]([C@@H](CC)C(=O)O)CC[C@@H]1C)[C@H]1O[C@]2(C=C[C@@H](NC(=O)c3ccncc3)[C@]3(CC[C@@](C)([C@H]4CC[C@](O)(CC)[C@H](C)O4)O3)O2)[C@H](C)C[C@@H]1C. The number of nitrogens with one attached hydrogen (secondary N) is 1. The summed E-state index contributed by atoms with van der Waals surface area (Å²) in [7, 11) is 0. The van der Waals surface area contributed by atoms with Crippen molar-refractivity contribution in [3.63, 3.8) is 0 Å². The van der Waals surface area contributed by atoms with Gasteiger partial charge in [-0.05, 0) is 102 Å². The minimum atomic E-state index is -1.35. The summed E-state index contributed by atoms with van der Waals surface area (Å²) in [6.45, 7) is 19.6. The third kappa shape index (κ3) is 9.27. The summed E-state index contributed by atoms with van der Waals surface area (Å²) >= 11 is 0. The van der Waals surface area contributed by atoms with Crippen LogP contribution in [0, 0.1) is 41.4 Å². The Morgan fingerprint density at radius 2 is 1.59 bits per heavy atom. The summed E-state index contributed by atoms with van der Waals surface area (Å²) in [5.41, 5.74) is -1.28. The van der Waals surface area contributed by atoms with Gasteiger partial charge in [-0.1, -0.05) is 61.5 Å². The predicted molar refractivity (Wildman–Crippen MR) is 228 cm³/mol. The summed E-state index contributed by atoms with van der Waals surface area (Å²) in [4.78, 5) is 44.5. The molecular weight excluding hydrogens is 781 g/mol. The highest BCUT2D eigenvalue weighted by atomic mass is 16.8. The highest BCUT2D eigenvalue weighted by Crippen LogP contribution is 2.54. The number of aliphatic hydroxyl groups excluding tert-OH is 1. The van der Waals surface area contributed by atoms with Crippen molar-refractivity contribution in [2.45, 2.75) is 199 Å². The molecule has 1 aromatic rings. The monoisotopic (exact) mass is 855 g/mol. The Hall–Kier alpha value is -2.78. The molecule has 0 bridgehead atoms. The Bertz CT molecular complexity index is 1730. The first-order chi connectivity index (χ1) is 28.8. The van der Waals surface area contributed by atoms with Gasteiger partial charge in [0, 0.05) is 48.0 Å². The van der Waals surface area contributed by atoms with E-state index in [-0.39, 0.29) is 35.5 Å². The van der Waals surface area contributed by atoms with Crippen LogP contribution in [0.1, 0.15) is 144 Å². The molecule has 0 radical (unpaired) electrons. The summed E-state index contributed by atoms with van der Waals surface area (Å²) < 4.78 is 34.6. The zero-order valence-corrected chi connectivity index (χ0v) is 38.2. The van der Waals surface area contributed by atoms with E-state index in [1.165, 1.54) is 0 Å². The number of nitrogens with zero attached hydrogens (tertiary/aromatic N) is 1. The number of ketones is 1. The fourth-order valence-electron chi connectivity index (χ4n) is 11.4. The van der Waals surface area contributed by atoms with Gasteiger partial charge in [-0.25, -0.2) is 0 Å². The number of rotatable bonds is 14. The molecule has 4 saturated heterocycles. The van der Waals surface area contributed by atoms with Gasteiger partial charge in [-0.3, -0.25) is 19.4 Å². The third-order valence-electron chi connectivity index (χ3n) is 15.7. The number of aromatic nitrogens is 1. The topological polar surface area (TPSA) is 183 Å². The van der Waals surface area contributed by atoms with Crippen LogP contribution in [0.4, 0.5) is 0 Å². The lowest BCUT2D eigenvalue weighted by Gasteiger charge is -2.55. The van der Waals surface area contributed by atoms with Gasteiger partial charge < -0.3 is 44.3 Å². The van der Waals surface area contributed by atoms with Gasteiger partial charge in [0.15, 0.2) is 11.6 Å². The Balaban J connectivity index is 1.25. The minimum absolute atomic E-state index is 0.0259. The molecule has 6 heterocycles. The molecule has 1 aromatic heterocycles. The molecule has 0 saturated carbocycles. The number of carbonyl (C=O) groups is 3. The highest BCUT2D eigenvalue weighted by Gasteiger charge is 2.63. The fraction of sp³-hybridized carbons (Fsp3) is 0.792. The molecule has 1 amide bonds. The lowest BCUT2D eigenvalue weighted by atomic mass is 9.72. The van der Waals surface area contributed by atoms with Crippen LogP contribution in [0.25, 0.3) is 0 Å². The zero-order chi connectivity index (χ0) is 44.7. The second-order valence-corrected chi connectivity index (χ2v) is 19.7. The number of carboxylic acids is 1. The Kier molecular flexibility index (Phi) is 14.7. The summed E-state index contributed by atoms with van der Waals surface area (Å²) in [5.74, 6) is -6.37. The van der Waals surface area contributed by atoms with Crippen molar-refractivity contribution < 1.29 is 53.4 Å². The molecular formula is C48H74N2O11. The zero-order valence-electron chi connectivity index (χ0n) is 38.2. The fourth-order valence-corrected chi connectivity index (χ4v) is 11.4. The van der Waals surface area contributed by atoms with Crippen molar-refractivity contribution in [1.29, 1.82) is 0 Å². The van der Waals surface area contributed by atoms with Crippen LogP contribution in [-0.2, 0) is 33.3 Å². The molecule has 13 heteroatoms. The average molecular weight is 855 g/mol. The maximum absolute atomic E-state index is 14.7. The second kappa shape index (κ2) is 18.7. The second-order valence-electron chi connectivity index (χ2n) is 19.7. The highest BCUT2D eigenvalue weighted by molar-refractivity contribution is 5.94. The van der Waals surface area contributed by atoms with Gasteiger partial charge in [0.05, 0.1) is 53.7 Å². The number of hydrogen-bond donors (Lipinski definition) is 4. The molecule has 61 heavy (non-hydrogen) atoms. The summed E-state index contributed by atoms with van der Waals surface area (Å²) in [6.07, 6.45) is 9.59. The molecule has 4 fully saturated rings. The van der Waals surface area contributed by atoms with Gasteiger partial charge in [-0.2, -0.15) is 0 Å². The largest absolute Gasteiger partial charge is 0.481 e. The molecule has 13 nitrogen and oxygen atoms in total. The Morgan fingerprint density at radius 3 is 2.21 bits per heavy atom. The van der Waals surface area contributed by atoms with Gasteiger partial charge in [0.1, 0.15) is 11.8 Å². The number of hydrogen-bond acceptors (Lipinski definition) is 11. The number of ether oxygens (including phenoxy) is 5. The molecule has 0 unspecified atom stereocenters. The molecule has 18 atom stereocenters. The number of aliphatic hydroxyl groups is 2. The van der Waals surface area contributed by atoms with Gasteiger partial charge in [0.25, 0.3) is 5.91 Å². The van der Waals surface area contributed by atoms with Gasteiger partial charge in [-0.15, -0.1) is 0 Å². The predicted octanol–water partition coefficient (Wildman–Crippen LogP) is 7.02. The van der Waals surface area contributed by atoms with Crippen LogP contribution in [0.15, 0.2) is 36.7 Å². The molecule has 0 aromatic carbocycles. The normalized spacial score (nSPS) is 41.5. The number of amides is 1. The smallest absolute Gasteiger partial charge is 0.309 e. The quantitative estimate of drug-likeness (QED) is 0.141. The van der Waals surface area contributed by atoms with E-state index < -0.39 is 89.0 Å². The third-order valence-corrected chi connectivity index (χ3v) is 15.7. The first-order valence-electron chi connectivity index (χ1n) is 23.2. The molecule has 342 valence electrons. The molecule has 5 aliphatic rings. The lowest BCUT2D eigenvalue weighted by Crippen LogP contribution is -2.65. The Labute approximate surface area is 363 Å². The molecule has 4 N–H and O–H groups in total. The summed E-state index contributed by atoms with van der Waals surface area (Å²) in [5, 5.41) is 36.1. The van der Waals surface area contributed by atoms with Crippen molar-refractivity contribution in [3.8, 4) is 0 Å². The first-order valence-corrected chi connectivity index (χ1v) is 23.2. The lowest BCUT2D eigenvalue weighted by molar-refractivity contribution is -0.397. The van der Waals surface area contributed by atoms with E-state index in [9.17, 15) is 29.7 Å². The number of aliphatic carboxylic acids is 1. The van der Waals surface area contributed by atoms with E-state index in [0.29, 0.717) is 63.4 Å². The molecule has 5 aliphatic heterocycles. The van der Waals surface area contributed by atoms with Crippen molar-refractivity contribution in [2.75, 3.05) is 0 Å². The number of carboxylic acid groups (broad SMARTS) is 1. The van der Waals surface area contributed by atoms with E-state index >= 15 is 0 Å². The van der Waals surface area contributed by atoms with E-state index in [4.69, 9.17) is 23.7 Å². The standard InChI is InChI=1S/C48H74N2O11/c1-11-34(44(54)55)36-15-14-27(4)41(58-36)31(8)39(51)30(7)40(52)35(12-2)42-28(5)26-29(6)47(59-42)21-16-37(50-43(53)33-18-24-49-25-19-33)48(61-47)23-22-45(10,60-48)38-17-20-46(56,13-3)32(9)57-38/h16,18-19,21,24-25,27-32,34-39,41-42,51,56H,11-15,17,20,22-23,26H2,1-10H3,(H,50,53)(H,54,55)/t27-,28-,29+,30-,31-,32-,34+,35-,36+,37+,38+,39+,41+,42-,45-,46+,47-,48-/m0/s1. The molecule has 6 rings (SSSR count). The van der Waals surface area contributed by atoms with Crippen molar-refractivity contribution in [1.82, 2.24) is 10.3 Å². The van der Waals surface area contributed by atoms with Gasteiger partial charge in [0.2, 0.25) is 0 Å². The van der Waals surface area contributed by atoms with Crippen LogP contribution < -0.4 is 5.32 Å². The maximum atomic E-state index is 14.7. The Morgan fingerprint density at radius 1 is 0.902 bits per heavy atom. The van der Waals surface area contributed by atoms with Crippen molar-refractivity contribution in [2.24, 2.45) is 41.4 Å². The van der Waals surface area contributed by atoms with Gasteiger partial charge >= 0.3 is 5.97 Å². The van der Waals surface area contributed by atoms with Crippen LogP contribution in [0.2, 0.25) is 0 Å². The minimum Gasteiger partial charge on any atom is -0.481 e. The molecule has 2 spiro atoms. The van der Waals surface area contributed by atoms with Crippen LogP contribution in [0.3, 0.4) is 0 Å². The van der Waals surface area contributed by atoms with Crippen molar-refractivity contribution in [3.05, 3.63) is 42.2 Å². The van der Waals surface area contributed by atoms with Crippen LogP contribution >= 0.6 is 0 Å². The van der Waals surface area contributed by atoms with Crippen molar-refractivity contribution >= 4 is 17.7 Å². The number of Topliss-reactive ketones (excluding diaryl/α,β-unsaturated/α-hetero) is 1. The van der Waals surface area contributed by atoms with E-state index in [2.05, 4.69) is 31.1 Å². The van der Waals surface area contributed by atoms with E-state index in [1.807, 2.05) is 53.7 Å². The molecule has 0 aliphatic carbocycles. The maximum Gasteiger partial charge on any atom is 0.309 e. The van der Waals surface area contributed by atoms with E-state index in [1.54, 1.807) is 31.5 Å². The number of pyridine rings is 1. The first kappa shape index (κ1) is 47.7. The van der Waals surface area contributed by atoms with E-state index in [0.717, 1.165) is 6.42 Å². The van der Waals surface area contributed by atoms with Crippen LogP contribution in [0.5, 0.6) is 0 Å². The summed E-state index contributed by atoms with van der Waals surface area (Å²) in [6, 6.07) is 2.61.